The highest BCUT2D eigenvalue weighted by Gasteiger charge is 2.34. The number of hydrogen-bond acceptors (Lipinski definition) is 4. The molecule has 184 valence electrons. The van der Waals surface area contributed by atoms with E-state index in [9.17, 15) is 9.59 Å². The maximum atomic E-state index is 15.1. The summed E-state index contributed by atoms with van der Waals surface area (Å²) in [5.41, 5.74) is 2.76. The van der Waals surface area contributed by atoms with Crippen LogP contribution in [0.3, 0.4) is 0 Å². The quantitative estimate of drug-likeness (QED) is 0.341. The lowest BCUT2D eigenvalue weighted by Crippen LogP contribution is -2.45. The summed E-state index contributed by atoms with van der Waals surface area (Å²) in [6, 6.07) is 30.2. The Morgan fingerprint density at radius 2 is 1.49 bits per heavy atom. The van der Waals surface area contributed by atoms with Crippen molar-refractivity contribution in [3.05, 3.63) is 126 Å². The van der Waals surface area contributed by atoms with Crippen LogP contribution in [0.4, 0.5) is 10.1 Å². The van der Waals surface area contributed by atoms with Crippen LogP contribution in [0.2, 0.25) is 0 Å². The molecule has 2 amide bonds. The maximum absolute atomic E-state index is 15.1. The smallest absolute Gasteiger partial charge is 0.249 e. The third-order valence-corrected chi connectivity index (χ3v) is 6.02. The van der Waals surface area contributed by atoms with Gasteiger partial charge in [0, 0.05) is 17.8 Å². The van der Waals surface area contributed by atoms with Crippen LogP contribution >= 0.6 is 0 Å². The second-order valence-corrected chi connectivity index (χ2v) is 8.46. The second-order valence-electron chi connectivity index (χ2n) is 8.46. The molecule has 5 aromatic rings. The summed E-state index contributed by atoms with van der Waals surface area (Å²) in [7, 11) is 0. The fraction of sp³-hybridized carbons (Fsp3) is 0.103. The molecule has 0 spiro atoms. The van der Waals surface area contributed by atoms with Gasteiger partial charge < -0.3 is 5.32 Å². The second kappa shape index (κ2) is 10.8. The molecule has 0 radical (unpaired) electrons. The molecule has 4 aromatic carbocycles. The lowest BCUT2D eigenvalue weighted by molar-refractivity contribution is -0.127. The topological polar surface area (TPSA) is 80.1 Å². The van der Waals surface area contributed by atoms with E-state index in [1.807, 2.05) is 54.6 Å². The first kappa shape index (κ1) is 23.9. The number of hydrogen-bond donors (Lipinski definition) is 1. The van der Waals surface area contributed by atoms with Crippen LogP contribution in [-0.4, -0.2) is 26.8 Å². The molecule has 5 rings (SSSR count). The van der Waals surface area contributed by atoms with Crippen molar-refractivity contribution in [2.24, 2.45) is 0 Å². The van der Waals surface area contributed by atoms with E-state index in [1.54, 1.807) is 42.5 Å². The van der Waals surface area contributed by atoms with Crippen molar-refractivity contribution < 1.29 is 14.0 Å². The van der Waals surface area contributed by atoms with Crippen molar-refractivity contribution >= 4 is 28.5 Å². The molecule has 1 heterocycles. The molecule has 0 aliphatic heterocycles. The van der Waals surface area contributed by atoms with Crippen LogP contribution in [0, 0.1) is 5.82 Å². The predicted octanol–water partition coefficient (Wildman–Crippen LogP) is 4.66. The summed E-state index contributed by atoms with van der Waals surface area (Å²) in [4.78, 5) is 28.9. The van der Waals surface area contributed by atoms with E-state index in [-0.39, 0.29) is 18.7 Å². The van der Waals surface area contributed by atoms with E-state index in [0.29, 0.717) is 16.7 Å². The van der Waals surface area contributed by atoms with Gasteiger partial charge in [-0.3, -0.25) is 14.5 Å². The van der Waals surface area contributed by atoms with Gasteiger partial charge in [0.25, 0.3) is 0 Å². The first-order valence-electron chi connectivity index (χ1n) is 11.8. The van der Waals surface area contributed by atoms with Gasteiger partial charge in [0.1, 0.15) is 23.9 Å². The lowest BCUT2D eigenvalue weighted by Gasteiger charge is -2.31. The Balaban J connectivity index is 1.54. The first-order valence-corrected chi connectivity index (χ1v) is 11.8. The van der Waals surface area contributed by atoms with Gasteiger partial charge in [0.2, 0.25) is 11.8 Å². The van der Waals surface area contributed by atoms with E-state index in [1.165, 1.54) is 21.7 Å². The molecule has 37 heavy (non-hydrogen) atoms. The fourth-order valence-corrected chi connectivity index (χ4v) is 4.24. The monoisotopic (exact) mass is 493 g/mol. The van der Waals surface area contributed by atoms with Gasteiger partial charge in [0.05, 0.1) is 5.52 Å². The number of halogens is 1. The number of nitrogens with zero attached hydrogens (tertiary/aromatic N) is 4. The number of nitrogens with one attached hydrogen (secondary N) is 1. The number of carbonyl (C=O) groups excluding carboxylic acids is 2. The molecule has 0 aliphatic rings. The molecule has 0 fully saturated rings. The summed E-state index contributed by atoms with van der Waals surface area (Å²) in [6.07, 6.45) is 0. The van der Waals surface area contributed by atoms with Gasteiger partial charge in [0.15, 0.2) is 0 Å². The fourth-order valence-electron chi connectivity index (χ4n) is 4.24. The number of aromatic nitrogens is 3. The molecule has 1 N–H and O–H groups in total. The van der Waals surface area contributed by atoms with Gasteiger partial charge in [-0.1, -0.05) is 84.1 Å². The number of para-hydroxylation sites is 2. The van der Waals surface area contributed by atoms with Gasteiger partial charge in [-0.05, 0) is 35.9 Å². The van der Waals surface area contributed by atoms with Crippen molar-refractivity contribution in [2.75, 3.05) is 4.90 Å². The average molecular weight is 494 g/mol. The maximum Gasteiger partial charge on any atom is 0.249 e. The molecule has 1 aromatic heterocycles. The lowest BCUT2D eigenvalue weighted by atomic mass is 10.0. The Kier molecular flexibility index (Phi) is 6.98. The zero-order valence-corrected chi connectivity index (χ0v) is 19.9. The third-order valence-electron chi connectivity index (χ3n) is 6.02. The Labute approximate surface area is 213 Å². The van der Waals surface area contributed by atoms with Crippen LogP contribution in [0.25, 0.3) is 11.0 Å². The summed E-state index contributed by atoms with van der Waals surface area (Å²) < 4.78 is 16.6. The van der Waals surface area contributed by atoms with E-state index < -0.39 is 23.7 Å². The van der Waals surface area contributed by atoms with E-state index in [2.05, 4.69) is 15.6 Å². The summed E-state index contributed by atoms with van der Waals surface area (Å²) in [5, 5.41) is 11.1. The number of carbonyl (C=O) groups is 2. The van der Waals surface area contributed by atoms with Gasteiger partial charge in [-0.15, -0.1) is 5.10 Å². The summed E-state index contributed by atoms with van der Waals surface area (Å²) in [5.74, 6) is -1.53. The van der Waals surface area contributed by atoms with E-state index in [0.717, 1.165) is 5.56 Å². The third kappa shape index (κ3) is 5.23. The zero-order valence-electron chi connectivity index (χ0n) is 19.9. The van der Waals surface area contributed by atoms with Gasteiger partial charge >= 0.3 is 0 Å². The minimum Gasteiger partial charge on any atom is -0.350 e. The van der Waals surface area contributed by atoms with Crippen molar-refractivity contribution in [2.45, 2.75) is 19.1 Å². The zero-order chi connectivity index (χ0) is 25.6. The van der Waals surface area contributed by atoms with E-state index in [4.69, 9.17) is 0 Å². The van der Waals surface area contributed by atoms with Crippen LogP contribution in [0.1, 0.15) is 17.2 Å². The van der Waals surface area contributed by atoms with Crippen LogP contribution in [-0.2, 0) is 22.7 Å². The molecule has 1 atom stereocenters. The first-order chi connectivity index (χ1) is 18.1. The number of fused-ring (bicyclic) bond motifs is 1. The Morgan fingerprint density at radius 1 is 0.838 bits per heavy atom. The average Bonchev–Trinajstić information content (AvgIpc) is 3.34. The molecule has 0 saturated carbocycles. The SMILES string of the molecule is O=C(NCc1ccccc1)[C@@H](c1ccccc1F)N(C(=O)Cn1nnc2ccccc21)c1ccccc1. The number of benzene rings is 4. The van der Waals surface area contributed by atoms with Crippen LogP contribution < -0.4 is 10.2 Å². The molecule has 8 heteroatoms. The Morgan fingerprint density at radius 3 is 2.24 bits per heavy atom. The minimum atomic E-state index is -1.26. The molecular weight excluding hydrogens is 469 g/mol. The molecule has 7 nitrogen and oxygen atoms in total. The minimum absolute atomic E-state index is 0.0914. The standard InChI is InChI=1S/C29H24FN5O2/c30-24-16-8-7-15-23(24)28(29(37)31-19-21-11-3-1-4-12-21)35(22-13-5-2-6-14-22)27(36)20-34-26-18-10-9-17-25(26)32-33-34/h1-18,28H,19-20H2,(H,31,37)/t28-/m1/s1. The normalized spacial score (nSPS) is 11.7. The molecule has 0 aliphatic carbocycles. The highest BCUT2D eigenvalue weighted by atomic mass is 19.1. The number of anilines is 1. The Bertz CT molecular complexity index is 1520. The van der Waals surface area contributed by atoms with Crippen LogP contribution in [0.5, 0.6) is 0 Å². The highest BCUT2D eigenvalue weighted by molar-refractivity contribution is 6.01. The molecule has 0 bridgehead atoms. The van der Waals surface area contributed by atoms with Crippen molar-refractivity contribution in [3.8, 4) is 0 Å². The Hall–Kier alpha value is -4.85. The van der Waals surface area contributed by atoms with Gasteiger partial charge in [-0.25, -0.2) is 9.07 Å². The van der Waals surface area contributed by atoms with Crippen molar-refractivity contribution in [1.82, 2.24) is 20.3 Å². The molecule has 0 unspecified atom stereocenters. The van der Waals surface area contributed by atoms with Gasteiger partial charge in [-0.2, -0.15) is 0 Å². The number of amides is 2. The van der Waals surface area contributed by atoms with Crippen molar-refractivity contribution in [3.63, 3.8) is 0 Å². The molecular formula is C29H24FN5O2. The van der Waals surface area contributed by atoms with E-state index >= 15 is 4.39 Å². The highest BCUT2D eigenvalue weighted by Crippen LogP contribution is 2.30. The van der Waals surface area contributed by atoms with Crippen LogP contribution in [0.15, 0.2) is 109 Å². The summed E-state index contributed by atoms with van der Waals surface area (Å²) in [6.45, 7) is 0.0431. The summed E-state index contributed by atoms with van der Waals surface area (Å²) >= 11 is 0. The largest absolute Gasteiger partial charge is 0.350 e. The predicted molar refractivity (Wildman–Crippen MR) is 139 cm³/mol. The molecule has 0 saturated heterocycles. The van der Waals surface area contributed by atoms with Crippen molar-refractivity contribution in [1.29, 1.82) is 0 Å². The number of rotatable bonds is 8.